The largest absolute Gasteiger partial charge is 0.350 e. The fraction of sp³-hybridized carbons (Fsp3) is 0.297. The van der Waals surface area contributed by atoms with Crippen molar-refractivity contribution in [3.8, 4) is 0 Å². The van der Waals surface area contributed by atoms with Crippen molar-refractivity contribution < 1.29 is 18.0 Å². The van der Waals surface area contributed by atoms with E-state index in [1.807, 2.05) is 84.0 Å². The molecule has 0 aliphatic heterocycles. The summed E-state index contributed by atoms with van der Waals surface area (Å²) >= 11 is 6.58. The Morgan fingerprint density at radius 1 is 0.804 bits per heavy atom. The van der Waals surface area contributed by atoms with Crippen molar-refractivity contribution in [2.24, 2.45) is 0 Å². The van der Waals surface area contributed by atoms with Gasteiger partial charge in [0.1, 0.15) is 12.6 Å². The highest BCUT2D eigenvalue weighted by molar-refractivity contribution is 7.92. The van der Waals surface area contributed by atoms with Crippen molar-refractivity contribution in [3.63, 3.8) is 0 Å². The van der Waals surface area contributed by atoms with Crippen LogP contribution in [-0.2, 0) is 32.6 Å². The van der Waals surface area contributed by atoms with Gasteiger partial charge in [-0.15, -0.1) is 0 Å². The summed E-state index contributed by atoms with van der Waals surface area (Å²) in [6.07, 6.45) is 0.215. The zero-order valence-electron chi connectivity index (χ0n) is 27.2. The van der Waals surface area contributed by atoms with Gasteiger partial charge in [0.05, 0.1) is 10.6 Å². The molecular formula is C37H42ClN3O4S. The van der Waals surface area contributed by atoms with Crippen LogP contribution < -0.4 is 9.62 Å². The molecule has 4 rings (SSSR count). The van der Waals surface area contributed by atoms with Crippen LogP contribution >= 0.6 is 11.6 Å². The first-order valence-electron chi connectivity index (χ1n) is 15.2. The topological polar surface area (TPSA) is 86.8 Å². The normalized spacial score (nSPS) is 12.3. The first kappa shape index (κ1) is 34.7. The lowest BCUT2D eigenvalue weighted by atomic mass is 10.0. The highest BCUT2D eigenvalue weighted by Gasteiger charge is 2.36. The third kappa shape index (κ3) is 8.98. The molecule has 0 heterocycles. The zero-order chi connectivity index (χ0) is 33.6. The summed E-state index contributed by atoms with van der Waals surface area (Å²) in [5.74, 6) is -0.893. The van der Waals surface area contributed by atoms with E-state index >= 15 is 0 Å². The van der Waals surface area contributed by atoms with E-state index in [2.05, 4.69) is 5.32 Å². The van der Waals surface area contributed by atoms with Crippen LogP contribution in [0.4, 0.5) is 5.69 Å². The van der Waals surface area contributed by atoms with E-state index in [0.717, 1.165) is 26.6 Å². The van der Waals surface area contributed by atoms with Crippen LogP contribution in [0, 0.1) is 20.8 Å². The lowest BCUT2D eigenvalue weighted by Gasteiger charge is -2.35. The predicted octanol–water partition coefficient (Wildman–Crippen LogP) is 7.02. The molecular weight excluding hydrogens is 618 g/mol. The number of hydrogen-bond acceptors (Lipinski definition) is 4. The van der Waals surface area contributed by atoms with Crippen LogP contribution in [0.25, 0.3) is 0 Å². The maximum atomic E-state index is 14.6. The molecule has 0 saturated heterocycles. The van der Waals surface area contributed by atoms with Gasteiger partial charge in [0.2, 0.25) is 11.8 Å². The quantitative estimate of drug-likeness (QED) is 0.188. The molecule has 242 valence electrons. The second-order valence-electron chi connectivity index (χ2n) is 12.7. The lowest BCUT2D eigenvalue weighted by molar-refractivity contribution is -0.140. The van der Waals surface area contributed by atoms with E-state index in [0.29, 0.717) is 16.3 Å². The van der Waals surface area contributed by atoms with Crippen molar-refractivity contribution in [3.05, 3.63) is 130 Å². The van der Waals surface area contributed by atoms with E-state index in [4.69, 9.17) is 11.6 Å². The molecule has 0 bridgehead atoms. The molecule has 0 aliphatic carbocycles. The summed E-state index contributed by atoms with van der Waals surface area (Å²) in [5.41, 5.74) is 3.89. The average molecular weight is 660 g/mol. The Morgan fingerprint density at radius 3 is 1.98 bits per heavy atom. The fourth-order valence-electron chi connectivity index (χ4n) is 5.28. The second-order valence-corrected chi connectivity index (χ2v) is 15.0. The molecule has 4 aromatic rings. The Bertz CT molecular complexity index is 1770. The highest BCUT2D eigenvalue weighted by atomic mass is 35.5. The van der Waals surface area contributed by atoms with Gasteiger partial charge in [0.15, 0.2) is 0 Å². The molecule has 0 aliphatic rings. The molecule has 0 unspecified atom stereocenters. The molecule has 9 heteroatoms. The molecule has 4 aromatic carbocycles. The average Bonchev–Trinajstić information content (AvgIpc) is 2.97. The van der Waals surface area contributed by atoms with Gasteiger partial charge in [-0.2, -0.15) is 0 Å². The van der Waals surface area contributed by atoms with E-state index in [1.165, 1.54) is 4.90 Å². The van der Waals surface area contributed by atoms with Gasteiger partial charge in [-0.05, 0) is 94.1 Å². The number of hydrogen-bond donors (Lipinski definition) is 1. The number of benzene rings is 4. The van der Waals surface area contributed by atoms with Crippen molar-refractivity contribution in [2.75, 3.05) is 10.8 Å². The number of rotatable bonds is 11. The van der Waals surface area contributed by atoms with Crippen LogP contribution in [0.1, 0.15) is 48.6 Å². The standard InChI is InChI=1S/C37H42ClN3O4S/c1-26-16-18-32(19-17-26)46(44,45)41(31-21-27(2)20-28(3)22-31)25-35(42)40(24-30-14-10-11-15-33(30)38)34(36(43)39-37(4,5)6)23-29-12-8-7-9-13-29/h7-22,34H,23-25H2,1-6H3,(H,39,43)/t34-/m1/s1. The number of carbonyl (C=O) groups excluding carboxylic acids is 2. The van der Waals surface area contributed by atoms with E-state index in [-0.39, 0.29) is 23.8 Å². The molecule has 1 N–H and O–H groups in total. The Labute approximate surface area is 278 Å². The van der Waals surface area contributed by atoms with Crippen molar-refractivity contribution in [2.45, 2.75) is 71.0 Å². The smallest absolute Gasteiger partial charge is 0.264 e. The molecule has 7 nitrogen and oxygen atoms in total. The monoisotopic (exact) mass is 659 g/mol. The Balaban J connectivity index is 1.85. The van der Waals surface area contributed by atoms with E-state index in [1.54, 1.807) is 54.6 Å². The Kier molecular flexibility index (Phi) is 11.0. The molecule has 1 atom stereocenters. The number of anilines is 1. The molecule has 46 heavy (non-hydrogen) atoms. The molecule has 0 saturated carbocycles. The summed E-state index contributed by atoms with van der Waals surface area (Å²) < 4.78 is 29.7. The van der Waals surface area contributed by atoms with Gasteiger partial charge < -0.3 is 10.2 Å². The SMILES string of the molecule is Cc1ccc(S(=O)(=O)N(CC(=O)N(Cc2ccccc2Cl)[C@H](Cc2ccccc2)C(=O)NC(C)(C)C)c2cc(C)cc(C)c2)cc1. The maximum absolute atomic E-state index is 14.6. The maximum Gasteiger partial charge on any atom is 0.264 e. The Morgan fingerprint density at radius 2 is 1.39 bits per heavy atom. The molecule has 0 aromatic heterocycles. The predicted molar refractivity (Wildman–Crippen MR) is 185 cm³/mol. The molecule has 2 amide bonds. The van der Waals surface area contributed by atoms with Gasteiger partial charge in [-0.25, -0.2) is 8.42 Å². The van der Waals surface area contributed by atoms with Gasteiger partial charge in [0, 0.05) is 23.5 Å². The summed E-state index contributed by atoms with van der Waals surface area (Å²) in [4.78, 5) is 30.2. The van der Waals surface area contributed by atoms with Crippen molar-refractivity contribution in [1.29, 1.82) is 0 Å². The van der Waals surface area contributed by atoms with E-state index in [9.17, 15) is 18.0 Å². The summed E-state index contributed by atoms with van der Waals surface area (Å²) in [7, 11) is -4.19. The number of carbonyl (C=O) groups is 2. The number of amides is 2. The zero-order valence-corrected chi connectivity index (χ0v) is 28.8. The number of sulfonamides is 1. The van der Waals surface area contributed by atoms with Crippen LogP contribution in [-0.4, -0.2) is 43.3 Å². The minimum absolute atomic E-state index is 0.00116. The second kappa shape index (κ2) is 14.5. The third-order valence-corrected chi connectivity index (χ3v) is 9.61. The summed E-state index contributed by atoms with van der Waals surface area (Å²) in [6, 6.07) is 27.6. The minimum Gasteiger partial charge on any atom is -0.350 e. The van der Waals surface area contributed by atoms with Gasteiger partial charge in [-0.1, -0.05) is 83.9 Å². The summed E-state index contributed by atoms with van der Waals surface area (Å²) in [5, 5.41) is 3.48. The minimum atomic E-state index is -4.19. The summed E-state index contributed by atoms with van der Waals surface area (Å²) in [6.45, 7) is 10.7. The highest BCUT2D eigenvalue weighted by Crippen LogP contribution is 2.28. The number of nitrogens with one attached hydrogen (secondary N) is 1. The number of halogens is 1. The van der Waals surface area contributed by atoms with Gasteiger partial charge in [0.25, 0.3) is 10.0 Å². The van der Waals surface area contributed by atoms with Crippen LogP contribution in [0.3, 0.4) is 0 Å². The first-order chi connectivity index (χ1) is 21.6. The van der Waals surface area contributed by atoms with Gasteiger partial charge >= 0.3 is 0 Å². The van der Waals surface area contributed by atoms with Crippen LogP contribution in [0.5, 0.6) is 0 Å². The number of nitrogens with zero attached hydrogens (tertiary/aromatic N) is 2. The van der Waals surface area contributed by atoms with Crippen molar-refractivity contribution in [1.82, 2.24) is 10.2 Å². The van der Waals surface area contributed by atoms with Crippen molar-refractivity contribution >= 4 is 39.1 Å². The number of aryl methyl sites for hydroxylation is 3. The van der Waals surface area contributed by atoms with Gasteiger partial charge in [-0.3, -0.25) is 13.9 Å². The van der Waals surface area contributed by atoms with Crippen LogP contribution in [0.2, 0.25) is 5.02 Å². The molecule has 0 radical (unpaired) electrons. The van der Waals surface area contributed by atoms with Crippen LogP contribution in [0.15, 0.2) is 102 Å². The fourth-order valence-corrected chi connectivity index (χ4v) is 6.87. The Hall–Kier alpha value is -4.14. The molecule has 0 fully saturated rings. The third-order valence-electron chi connectivity index (χ3n) is 7.45. The molecule has 0 spiro atoms. The lowest BCUT2D eigenvalue weighted by Crippen LogP contribution is -2.56. The van der Waals surface area contributed by atoms with E-state index < -0.39 is 34.1 Å². The first-order valence-corrected chi connectivity index (χ1v) is 17.0.